The van der Waals surface area contributed by atoms with E-state index in [1.54, 1.807) is 0 Å². The summed E-state index contributed by atoms with van der Waals surface area (Å²) in [5.74, 6) is 2.36. The molecule has 0 aliphatic carbocycles. The molecule has 9 nitrogen and oxygen atoms in total. The Morgan fingerprint density at radius 2 is 0.909 bits per heavy atom. The molecule has 5 heterocycles. The van der Waals surface area contributed by atoms with Crippen LogP contribution in [0.5, 0.6) is 0 Å². The van der Waals surface area contributed by atoms with Crippen LogP contribution in [0, 0.1) is 0 Å². The lowest BCUT2D eigenvalue weighted by Gasteiger charge is -2.06. The summed E-state index contributed by atoms with van der Waals surface area (Å²) in [6.45, 7) is 2.99. The normalized spacial score (nSPS) is 11.9. The highest BCUT2D eigenvalue weighted by Gasteiger charge is 2.22. The highest BCUT2D eigenvalue weighted by molar-refractivity contribution is 6.11. The van der Waals surface area contributed by atoms with Crippen molar-refractivity contribution in [1.82, 2.24) is 39.9 Å². The molecule has 0 unspecified atom stereocenters. The lowest BCUT2D eigenvalue weighted by Crippen LogP contribution is -1.99. The number of nitrogens with one attached hydrogen (secondary N) is 3. The minimum absolute atomic E-state index is 0.589. The first-order valence-corrected chi connectivity index (χ1v) is 14.7. The Morgan fingerprint density at radius 1 is 0.477 bits per heavy atom. The van der Waals surface area contributed by atoms with E-state index in [2.05, 4.69) is 34.3 Å². The molecule has 0 spiro atoms. The molecule has 9 heteroatoms. The molecule has 0 fully saturated rings. The smallest absolute Gasteiger partial charge is 0.164 e. The number of aromatic nitrogens is 8. The number of nitrogens with zero attached hydrogens (tertiary/aromatic N) is 6. The summed E-state index contributed by atoms with van der Waals surface area (Å²) in [7, 11) is 0. The van der Waals surface area contributed by atoms with Crippen molar-refractivity contribution >= 4 is 49.8 Å². The topological polar surface area (TPSA) is 121 Å². The third kappa shape index (κ3) is 3.72. The van der Waals surface area contributed by atoms with E-state index >= 15 is 0 Å². The number of hydrogen-bond acceptors (Lipinski definition) is 7. The summed E-state index contributed by atoms with van der Waals surface area (Å²) in [5.41, 5.74) is 7.39. The van der Waals surface area contributed by atoms with E-state index in [9.17, 15) is 0 Å². The summed E-state index contributed by atoms with van der Waals surface area (Å²) in [6.07, 6.45) is 0.995. The van der Waals surface area contributed by atoms with Gasteiger partial charge in [-0.2, -0.15) is 0 Å². The van der Waals surface area contributed by atoms with Gasteiger partial charge < -0.3 is 15.3 Å². The molecule has 0 radical (unpaired) electrons. The van der Waals surface area contributed by atoms with Crippen molar-refractivity contribution in [2.45, 2.75) is 13.3 Å². The monoisotopic (exact) mass is 571 g/mol. The van der Waals surface area contributed by atoms with Crippen molar-refractivity contribution in [3.63, 3.8) is 0 Å². The first-order chi connectivity index (χ1) is 21.7. The fraction of sp³-hybridized carbons (Fsp3) is 0.0857. The molecule has 4 aromatic carbocycles. The fourth-order valence-electron chi connectivity index (χ4n) is 6.10. The first kappa shape index (κ1) is 24.6. The maximum Gasteiger partial charge on any atom is 0.164 e. The molecule has 0 saturated carbocycles. The Hall–Kier alpha value is -5.96. The average molecular weight is 572 g/mol. The van der Waals surface area contributed by atoms with Crippen LogP contribution in [0.25, 0.3) is 89.7 Å². The fourth-order valence-corrected chi connectivity index (χ4v) is 6.10. The van der Waals surface area contributed by atoms with Gasteiger partial charge in [-0.25, -0.2) is 29.9 Å². The molecule has 2 aliphatic rings. The number of H-pyrrole nitrogens is 2. The second kappa shape index (κ2) is 9.53. The van der Waals surface area contributed by atoms with Gasteiger partial charge in [0.15, 0.2) is 23.3 Å². The van der Waals surface area contributed by atoms with Crippen LogP contribution in [0.15, 0.2) is 91.0 Å². The van der Waals surface area contributed by atoms with Gasteiger partial charge in [-0.1, -0.05) is 91.9 Å². The highest BCUT2D eigenvalue weighted by atomic mass is 15.1. The quantitative estimate of drug-likeness (QED) is 0.199. The van der Waals surface area contributed by atoms with E-state index in [-0.39, 0.29) is 0 Å². The summed E-state index contributed by atoms with van der Waals surface area (Å²) in [6, 6.07) is 30.4. The van der Waals surface area contributed by atoms with Crippen LogP contribution in [0.1, 0.15) is 13.3 Å². The zero-order chi connectivity index (χ0) is 29.2. The van der Waals surface area contributed by atoms with E-state index in [1.165, 1.54) is 0 Å². The van der Waals surface area contributed by atoms with Crippen LogP contribution in [0.3, 0.4) is 0 Å². The number of rotatable bonds is 3. The molecule has 0 atom stereocenters. The third-order valence-electron chi connectivity index (χ3n) is 8.14. The molecular weight excluding hydrogens is 546 g/mol. The molecule has 0 saturated heterocycles. The molecule has 7 aromatic rings. The van der Waals surface area contributed by atoms with E-state index < -0.39 is 0 Å². The van der Waals surface area contributed by atoms with Crippen molar-refractivity contribution in [1.29, 1.82) is 0 Å². The Balaban J connectivity index is 1.49. The zero-order valence-corrected chi connectivity index (χ0v) is 23.8. The molecule has 210 valence electrons. The van der Waals surface area contributed by atoms with Gasteiger partial charge in [0.2, 0.25) is 0 Å². The predicted octanol–water partition coefficient (Wildman–Crippen LogP) is 7.69. The lowest BCUT2D eigenvalue weighted by atomic mass is 10.1. The zero-order valence-electron chi connectivity index (χ0n) is 23.8. The summed E-state index contributed by atoms with van der Waals surface area (Å²) >= 11 is 0. The molecule has 8 bridgehead atoms. The average Bonchev–Trinajstić information content (AvgIpc) is 3.79. The van der Waals surface area contributed by atoms with Gasteiger partial charge in [-0.15, -0.1) is 0 Å². The Labute approximate surface area is 251 Å². The number of anilines is 1. The minimum atomic E-state index is 0.589. The summed E-state index contributed by atoms with van der Waals surface area (Å²) in [5, 5.41) is 7.38. The number of fused-ring (bicyclic) bond motifs is 20. The van der Waals surface area contributed by atoms with Crippen molar-refractivity contribution in [3.8, 4) is 45.6 Å². The molecule has 3 N–H and O–H groups in total. The Kier molecular flexibility index (Phi) is 5.33. The van der Waals surface area contributed by atoms with Gasteiger partial charge in [0.05, 0.1) is 5.39 Å². The number of hydrogen-bond donors (Lipinski definition) is 3. The van der Waals surface area contributed by atoms with Gasteiger partial charge in [-0.05, 0) is 12.5 Å². The van der Waals surface area contributed by atoms with Crippen molar-refractivity contribution in [2.75, 3.05) is 11.9 Å². The summed E-state index contributed by atoms with van der Waals surface area (Å²) < 4.78 is 0. The van der Waals surface area contributed by atoms with E-state index in [4.69, 9.17) is 29.9 Å². The predicted molar refractivity (Wildman–Crippen MR) is 175 cm³/mol. The van der Waals surface area contributed by atoms with Gasteiger partial charge in [0, 0.05) is 50.6 Å². The third-order valence-corrected chi connectivity index (χ3v) is 8.14. The van der Waals surface area contributed by atoms with Crippen LogP contribution in [-0.2, 0) is 0 Å². The van der Waals surface area contributed by atoms with Crippen molar-refractivity contribution in [2.24, 2.45) is 0 Å². The maximum atomic E-state index is 5.14. The first-order valence-electron chi connectivity index (χ1n) is 14.7. The van der Waals surface area contributed by atoms with Crippen LogP contribution >= 0.6 is 0 Å². The van der Waals surface area contributed by atoms with Gasteiger partial charge >= 0.3 is 0 Å². The molecule has 44 heavy (non-hydrogen) atoms. The van der Waals surface area contributed by atoms with Crippen molar-refractivity contribution < 1.29 is 0 Å². The highest BCUT2D eigenvalue weighted by Crippen LogP contribution is 2.37. The molecule has 3 aromatic heterocycles. The second-order valence-electron chi connectivity index (χ2n) is 10.9. The van der Waals surface area contributed by atoms with Gasteiger partial charge in [0.1, 0.15) is 22.6 Å². The molecule has 0 amide bonds. The van der Waals surface area contributed by atoms with Crippen LogP contribution in [0.2, 0.25) is 0 Å². The van der Waals surface area contributed by atoms with Crippen LogP contribution < -0.4 is 5.32 Å². The van der Waals surface area contributed by atoms with E-state index in [0.717, 1.165) is 62.5 Å². The van der Waals surface area contributed by atoms with Crippen LogP contribution in [-0.4, -0.2) is 46.4 Å². The molecule has 9 rings (SSSR count). The second-order valence-corrected chi connectivity index (χ2v) is 10.9. The van der Waals surface area contributed by atoms with Crippen molar-refractivity contribution in [3.05, 3.63) is 91.0 Å². The standard InChI is InChI=1S/C35H25N9/c1-2-18-36-26-17-9-16-25-27(26)35-43-33-24-15-8-7-14-23(24)31(41-33)39-29-20-11-4-3-10-19(20)28(37-29)38-30-21-12-5-6-13-22(21)32(40-30)42-34(25)44-35/h3-17,36H,2,18H2,1H3,(H2,37,38,39,40,41,42,43,44). The Morgan fingerprint density at radius 3 is 1.43 bits per heavy atom. The van der Waals surface area contributed by atoms with E-state index in [1.807, 2.05) is 78.9 Å². The largest absolute Gasteiger partial charge is 0.384 e. The summed E-state index contributed by atoms with van der Waals surface area (Å²) in [4.78, 5) is 37.3. The minimum Gasteiger partial charge on any atom is -0.384 e. The molecule has 2 aliphatic heterocycles. The molecular formula is C35H25N9. The van der Waals surface area contributed by atoms with Gasteiger partial charge in [0.25, 0.3) is 0 Å². The van der Waals surface area contributed by atoms with E-state index in [0.29, 0.717) is 45.9 Å². The number of aromatic amines is 2. The maximum absolute atomic E-state index is 5.14. The lowest BCUT2D eigenvalue weighted by molar-refractivity contribution is 0.981. The number of benzene rings is 4. The van der Waals surface area contributed by atoms with Crippen LogP contribution in [0.4, 0.5) is 5.69 Å². The Bertz CT molecular complexity index is 2450. The van der Waals surface area contributed by atoms with Gasteiger partial charge in [-0.3, -0.25) is 0 Å². The SMILES string of the molecule is CCCNc1cccc2c3nc4nc(nc5[nH]c(nc6nc(nc([nH]3)c12)-c1ccccc1-6)c1ccccc51)-c1ccccc1-4.